The van der Waals surface area contributed by atoms with Crippen molar-refractivity contribution in [1.29, 1.82) is 10.5 Å². The van der Waals surface area contributed by atoms with Crippen LogP contribution in [0.5, 0.6) is 0 Å². The molecule has 0 radical (unpaired) electrons. The van der Waals surface area contributed by atoms with Gasteiger partial charge in [-0.1, -0.05) is 11.6 Å². The van der Waals surface area contributed by atoms with Crippen LogP contribution in [0.4, 0.5) is 23.1 Å². The van der Waals surface area contributed by atoms with Gasteiger partial charge in [-0.25, -0.2) is 4.98 Å². The molecule has 196 valence electrons. The lowest BCUT2D eigenvalue weighted by Gasteiger charge is -2.36. The normalized spacial score (nSPS) is 21.8. The monoisotopic (exact) mass is 532 g/mol. The lowest BCUT2D eigenvalue weighted by Crippen LogP contribution is -2.45. The number of imidazole rings is 1. The first-order chi connectivity index (χ1) is 18.5. The number of hydrogen-bond donors (Lipinski definition) is 4. The topological polar surface area (TPSA) is 150 Å². The molecule has 1 aliphatic heterocycles. The minimum Gasteiger partial charge on any atom is -0.393 e. The second kappa shape index (κ2) is 10.3. The Morgan fingerprint density at radius 2 is 1.79 bits per heavy atom. The summed E-state index contributed by atoms with van der Waals surface area (Å²) in [4.78, 5) is 11.1. The molecule has 6 rings (SSSR count). The number of anilines is 4. The van der Waals surface area contributed by atoms with Crippen LogP contribution >= 0.6 is 11.6 Å². The molecular formula is C26H29ClN10O. The average molecular weight is 533 g/mol. The third kappa shape index (κ3) is 5.05. The summed E-state index contributed by atoms with van der Waals surface area (Å²) in [6.45, 7) is 1.61. The van der Waals surface area contributed by atoms with Gasteiger partial charge in [-0.3, -0.25) is 0 Å². The van der Waals surface area contributed by atoms with E-state index in [0.717, 1.165) is 63.7 Å². The summed E-state index contributed by atoms with van der Waals surface area (Å²) in [6, 6.07) is 8.97. The summed E-state index contributed by atoms with van der Waals surface area (Å²) < 4.78 is 1.46. The smallest absolute Gasteiger partial charge is 0.247 e. The maximum atomic E-state index is 9.83. The number of fused-ring (bicyclic) bond motifs is 1. The number of hydrogen-bond acceptors (Lipinski definition) is 10. The van der Waals surface area contributed by atoms with Gasteiger partial charge in [0.25, 0.3) is 0 Å². The van der Waals surface area contributed by atoms with Crippen LogP contribution in [-0.4, -0.2) is 62.0 Å². The van der Waals surface area contributed by atoms with E-state index in [4.69, 9.17) is 11.6 Å². The maximum Gasteiger partial charge on any atom is 0.247 e. The largest absolute Gasteiger partial charge is 0.393 e. The van der Waals surface area contributed by atoms with E-state index in [1.54, 1.807) is 6.07 Å². The fourth-order valence-corrected chi connectivity index (χ4v) is 5.65. The van der Waals surface area contributed by atoms with Crippen molar-refractivity contribution >= 4 is 40.4 Å². The SMILES string of the molecule is N#Cc1cc(Nc2nc(NC3CC3)c3ncc(C#N)n3n2)c(Cl)c(N2CCC(N[C@H]3CC[C@@H](O)C3)CC2)c1. The van der Waals surface area contributed by atoms with Crippen LogP contribution in [0, 0.1) is 22.7 Å². The van der Waals surface area contributed by atoms with E-state index < -0.39 is 0 Å². The lowest BCUT2D eigenvalue weighted by atomic mass is 10.0. The van der Waals surface area contributed by atoms with Gasteiger partial charge in [0.05, 0.1) is 40.3 Å². The van der Waals surface area contributed by atoms with Gasteiger partial charge in [0.1, 0.15) is 6.07 Å². The Balaban J connectivity index is 1.24. The summed E-state index contributed by atoms with van der Waals surface area (Å²) in [5, 5.41) is 44.3. The molecule has 0 amide bonds. The van der Waals surface area contributed by atoms with E-state index in [1.165, 1.54) is 10.7 Å². The molecule has 0 spiro atoms. The number of nitrogens with zero attached hydrogens (tertiary/aromatic N) is 7. The summed E-state index contributed by atoms with van der Waals surface area (Å²) in [5.74, 6) is 0.795. The third-order valence-electron chi connectivity index (χ3n) is 7.54. The molecule has 2 saturated carbocycles. The van der Waals surface area contributed by atoms with Crippen LogP contribution in [0.2, 0.25) is 5.02 Å². The molecule has 3 aromatic rings. The molecule has 0 bridgehead atoms. The number of piperidine rings is 1. The first-order valence-electron chi connectivity index (χ1n) is 13.1. The number of aliphatic hydroxyl groups is 1. The Kier molecular flexibility index (Phi) is 6.66. The highest BCUT2D eigenvalue weighted by Crippen LogP contribution is 2.37. The number of benzene rings is 1. The van der Waals surface area contributed by atoms with Crippen molar-refractivity contribution in [2.45, 2.75) is 69.2 Å². The van der Waals surface area contributed by atoms with Crippen molar-refractivity contribution in [3.63, 3.8) is 0 Å². The summed E-state index contributed by atoms with van der Waals surface area (Å²) in [6.07, 6.45) is 8.02. The molecule has 3 heterocycles. The Bertz CT molecular complexity index is 1430. The highest BCUT2D eigenvalue weighted by Gasteiger charge is 2.28. The van der Waals surface area contributed by atoms with Gasteiger partial charge >= 0.3 is 0 Å². The Labute approximate surface area is 225 Å². The number of nitrogens with one attached hydrogen (secondary N) is 3. The van der Waals surface area contributed by atoms with Crippen molar-refractivity contribution in [2.24, 2.45) is 0 Å². The van der Waals surface area contributed by atoms with Crippen LogP contribution in [0.25, 0.3) is 5.65 Å². The highest BCUT2D eigenvalue weighted by molar-refractivity contribution is 6.36. The predicted molar refractivity (Wildman–Crippen MR) is 144 cm³/mol. The minimum absolute atomic E-state index is 0.184. The molecule has 38 heavy (non-hydrogen) atoms. The average Bonchev–Trinajstić information content (AvgIpc) is 3.49. The van der Waals surface area contributed by atoms with Crippen molar-refractivity contribution < 1.29 is 5.11 Å². The second-order valence-electron chi connectivity index (χ2n) is 10.4. The van der Waals surface area contributed by atoms with Gasteiger partial charge in [0, 0.05) is 31.2 Å². The fourth-order valence-electron chi connectivity index (χ4n) is 5.37. The predicted octanol–water partition coefficient (Wildman–Crippen LogP) is 3.31. The van der Waals surface area contributed by atoms with Crippen molar-refractivity contribution in [1.82, 2.24) is 24.9 Å². The molecule has 4 N–H and O–H groups in total. The van der Waals surface area contributed by atoms with Crippen LogP contribution in [-0.2, 0) is 0 Å². The molecule has 2 aromatic heterocycles. The van der Waals surface area contributed by atoms with E-state index in [0.29, 0.717) is 51.6 Å². The zero-order chi connectivity index (χ0) is 26.2. The summed E-state index contributed by atoms with van der Waals surface area (Å²) in [5.41, 5.74) is 2.58. The molecular weight excluding hydrogens is 504 g/mol. The number of nitriles is 2. The van der Waals surface area contributed by atoms with E-state index >= 15 is 0 Å². The van der Waals surface area contributed by atoms with Crippen molar-refractivity contribution in [2.75, 3.05) is 28.6 Å². The van der Waals surface area contributed by atoms with E-state index in [-0.39, 0.29) is 12.1 Å². The number of halogens is 1. The van der Waals surface area contributed by atoms with Crippen molar-refractivity contribution in [3.05, 3.63) is 34.6 Å². The minimum atomic E-state index is -0.184. The number of rotatable bonds is 7. The van der Waals surface area contributed by atoms with Crippen LogP contribution < -0.4 is 20.9 Å². The van der Waals surface area contributed by atoms with Gasteiger partial charge in [0.2, 0.25) is 5.95 Å². The molecule has 11 nitrogen and oxygen atoms in total. The molecule has 3 fully saturated rings. The second-order valence-corrected chi connectivity index (χ2v) is 10.8. The molecule has 1 saturated heterocycles. The van der Waals surface area contributed by atoms with Gasteiger partial charge in [0.15, 0.2) is 17.2 Å². The van der Waals surface area contributed by atoms with Gasteiger partial charge < -0.3 is 26.0 Å². The summed E-state index contributed by atoms with van der Waals surface area (Å²) >= 11 is 6.90. The first kappa shape index (κ1) is 24.7. The zero-order valence-corrected chi connectivity index (χ0v) is 21.6. The maximum absolute atomic E-state index is 9.83. The molecule has 12 heteroatoms. The molecule has 1 aromatic carbocycles. The van der Waals surface area contributed by atoms with Gasteiger partial charge in [-0.2, -0.15) is 20.0 Å². The van der Waals surface area contributed by atoms with E-state index in [9.17, 15) is 15.6 Å². The Hall–Kier alpha value is -3.64. The van der Waals surface area contributed by atoms with Crippen LogP contribution in [0.3, 0.4) is 0 Å². The highest BCUT2D eigenvalue weighted by atomic mass is 35.5. The van der Waals surface area contributed by atoms with Gasteiger partial charge in [-0.15, -0.1) is 5.10 Å². The van der Waals surface area contributed by atoms with Crippen LogP contribution in [0.1, 0.15) is 56.2 Å². The van der Waals surface area contributed by atoms with E-state index in [2.05, 4.69) is 48.1 Å². The quantitative estimate of drug-likeness (QED) is 0.356. The first-order valence-corrected chi connectivity index (χ1v) is 13.5. The molecule has 3 aliphatic rings. The lowest BCUT2D eigenvalue weighted by molar-refractivity contribution is 0.178. The van der Waals surface area contributed by atoms with Gasteiger partial charge in [-0.05, 0) is 57.1 Å². The Morgan fingerprint density at radius 1 is 1.00 bits per heavy atom. The third-order valence-corrected chi connectivity index (χ3v) is 7.93. The number of aromatic nitrogens is 4. The standard InChI is InChI=1S/C26H29ClN10O/c27-23-21(33-26-34-24(32-16-1-2-16)25-30-14-19(13-29)37(25)35-26)9-15(12-28)10-22(23)36-7-5-17(6-8-36)31-18-3-4-20(38)11-18/h9-10,14,16-18,20,31,38H,1-8,11H2,(H2,32,33,34,35)/t18-,20+/m0/s1. The zero-order valence-electron chi connectivity index (χ0n) is 20.9. The fraction of sp³-hybridized carbons (Fsp3) is 0.500. The van der Waals surface area contributed by atoms with Crippen molar-refractivity contribution in [3.8, 4) is 12.1 Å². The molecule has 2 aliphatic carbocycles. The molecule has 0 unspecified atom stereocenters. The summed E-state index contributed by atoms with van der Waals surface area (Å²) in [7, 11) is 0. The van der Waals surface area contributed by atoms with Crippen LogP contribution in [0.15, 0.2) is 18.3 Å². The molecule has 2 atom stereocenters. The Morgan fingerprint density at radius 3 is 2.47 bits per heavy atom. The van der Waals surface area contributed by atoms with E-state index in [1.807, 2.05) is 6.07 Å². The number of aliphatic hydroxyl groups excluding tert-OH is 1.